The highest BCUT2D eigenvalue weighted by Gasteiger charge is 2.35. The minimum atomic E-state index is -0.747. The lowest BCUT2D eigenvalue weighted by Gasteiger charge is -2.32. The molecule has 5 heteroatoms. The third kappa shape index (κ3) is 3.64. The van der Waals surface area contributed by atoms with Gasteiger partial charge in [-0.25, -0.2) is 0 Å². The fourth-order valence-corrected chi connectivity index (χ4v) is 2.82. The van der Waals surface area contributed by atoms with E-state index in [0.29, 0.717) is 18.2 Å². The molecule has 0 aromatic heterocycles. The standard InChI is InChI=1S/C19H23N3O2/c1-21(2)13-8-14-24-19-17-11-6-7-12-18(17)22(23,20-19)15-16-9-4-3-5-10-16/h3-7,9-12H,8,13-15H2,1-2H3. The molecule has 0 radical (unpaired) electrons. The van der Waals surface area contributed by atoms with Gasteiger partial charge in [0.2, 0.25) is 0 Å². The summed E-state index contributed by atoms with van der Waals surface area (Å²) in [4.78, 5) is 2.11. The zero-order valence-corrected chi connectivity index (χ0v) is 14.2. The highest BCUT2D eigenvalue weighted by molar-refractivity contribution is 6.02. The van der Waals surface area contributed by atoms with Gasteiger partial charge in [0.05, 0.1) is 6.61 Å². The van der Waals surface area contributed by atoms with Gasteiger partial charge in [-0.15, -0.1) is 0 Å². The molecule has 0 fully saturated rings. The molecule has 1 atom stereocenters. The molecular weight excluding hydrogens is 302 g/mol. The largest absolute Gasteiger partial charge is 0.599 e. The summed E-state index contributed by atoms with van der Waals surface area (Å²) in [5.74, 6) is 0.454. The Labute approximate surface area is 142 Å². The first kappa shape index (κ1) is 16.6. The fourth-order valence-electron chi connectivity index (χ4n) is 2.82. The molecule has 0 aliphatic carbocycles. The van der Waals surface area contributed by atoms with Crippen molar-refractivity contribution in [2.45, 2.75) is 13.0 Å². The van der Waals surface area contributed by atoms with Crippen molar-refractivity contribution >= 4 is 11.6 Å². The highest BCUT2D eigenvalue weighted by atomic mass is 16.6. The second-order valence-electron chi connectivity index (χ2n) is 6.27. The Balaban J connectivity index is 1.79. The molecule has 0 bridgehead atoms. The van der Waals surface area contributed by atoms with Crippen LogP contribution in [0.3, 0.4) is 0 Å². The number of benzene rings is 2. The predicted molar refractivity (Wildman–Crippen MR) is 97.4 cm³/mol. The summed E-state index contributed by atoms with van der Waals surface area (Å²) < 4.78 is 5.07. The summed E-state index contributed by atoms with van der Waals surface area (Å²) in [5, 5.41) is 17.7. The monoisotopic (exact) mass is 325 g/mol. The number of fused-ring (bicyclic) bond motifs is 1. The second kappa shape index (κ2) is 7.13. The molecule has 1 aliphatic heterocycles. The van der Waals surface area contributed by atoms with Crippen molar-refractivity contribution in [3.05, 3.63) is 70.9 Å². The lowest BCUT2D eigenvalue weighted by molar-refractivity contribution is 0.266. The topological polar surface area (TPSA) is 47.9 Å². The Morgan fingerprint density at radius 3 is 2.50 bits per heavy atom. The van der Waals surface area contributed by atoms with Gasteiger partial charge in [-0.3, -0.25) is 0 Å². The number of hydrogen-bond donors (Lipinski definition) is 0. The number of para-hydroxylation sites is 1. The molecule has 126 valence electrons. The summed E-state index contributed by atoms with van der Waals surface area (Å²) in [5.41, 5.74) is 2.40. The zero-order valence-electron chi connectivity index (χ0n) is 14.2. The van der Waals surface area contributed by atoms with Crippen molar-refractivity contribution in [1.29, 1.82) is 0 Å². The van der Waals surface area contributed by atoms with Gasteiger partial charge in [0.15, 0.2) is 5.69 Å². The molecule has 0 amide bonds. The minimum absolute atomic E-state index is 0.266. The lowest BCUT2D eigenvalue weighted by atomic mass is 10.1. The highest BCUT2D eigenvalue weighted by Crippen LogP contribution is 2.36. The van der Waals surface area contributed by atoms with E-state index < -0.39 is 4.76 Å². The Morgan fingerprint density at radius 1 is 1.04 bits per heavy atom. The van der Waals surface area contributed by atoms with E-state index in [1.165, 1.54) is 0 Å². The maximum absolute atomic E-state index is 13.3. The Bertz CT molecular complexity index is 716. The summed E-state index contributed by atoms with van der Waals surface area (Å²) in [6, 6.07) is 17.2. The number of ether oxygens (including phenoxy) is 1. The number of quaternary nitrogens is 1. The van der Waals surface area contributed by atoms with Gasteiger partial charge >= 0.3 is 0 Å². The molecule has 1 heterocycles. The molecule has 2 aromatic rings. The van der Waals surface area contributed by atoms with Crippen molar-refractivity contribution in [3.8, 4) is 0 Å². The van der Waals surface area contributed by atoms with Crippen LogP contribution in [0.2, 0.25) is 0 Å². The molecule has 5 nitrogen and oxygen atoms in total. The maximum Gasteiger partial charge on any atom is 0.281 e. The van der Waals surface area contributed by atoms with Gasteiger partial charge in [-0.05, 0) is 31.7 Å². The Hall–Kier alpha value is -2.21. The van der Waals surface area contributed by atoms with E-state index in [1.807, 2.05) is 68.7 Å². The molecular formula is C19H23N3O2. The van der Waals surface area contributed by atoms with E-state index >= 15 is 0 Å². The minimum Gasteiger partial charge on any atom is -0.599 e. The predicted octanol–water partition coefficient (Wildman–Crippen LogP) is 3.34. The van der Waals surface area contributed by atoms with E-state index in [9.17, 15) is 5.21 Å². The van der Waals surface area contributed by atoms with Gasteiger partial charge in [-0.1, -0.05) is 42.5 Å². The lowest BCUT2D eigenvalue weighted by Crippen LogP contribution is -2.34. The first-order chi connectivity index (χ1) is 11.6. The quantitative estimate of drug-likeness (QED) is 0.465. The maximum atomic E-state index is 13.3. The summed E-state index contributed by atoms with van der Waals surface area (Å²) in [6.45, 7) is 1.76. The first-order valence-electron chi connectivity index (χ1n) is 8.19. The molecule has 0 saturated heterocycles. The fraction of sp³-hybridized carbons (Fsp3) is 0.316. The van der Waals surface area contributed by atoms with E-state index in [-0.39, 0.29) is 6.54 Å². The van der Waals surface area contributed by atoms with E-state index in [0.717, 1.165) is 24.1 Å². The average Bonchev–Trinajstić information content (AvgIpc) is 2.85. The molecule has 0 saturated carbocycles. The first-order valence-corrected chi connectivity index (χ1v) is 8.19. The number of rotatable bonds is 6. The molecule has 1 aliphatic rings. The van der Waals surface area contributed by atoms with Crippen molar-refractivity contribution in [3.63, 3.8) is 0 Å². The van der Waals surface area contributed by atoms with Crippen molar-refractivity contribution in [1.82, 2.24) is 9.66 Å². The third-order valence-electron chi connectivity index (χ3n) is 3.99. The van der Waals surface area contributed by atoms with E-state index in [2.05, 4.69) is 10.0 Å². The van der Waals surface area contributed by atoms with Crippen LogP contribution in [0.4, 0.5) is 5.69 Å². The molecule has 0 N–H and O–H groups in total. The van der Waals surface area contributed by atoms with Crippen LogP contribution in [0.25, 0.3) is 0 Å². The zero-order chi connectivity index (χ0) is 17.0. The van der Waals surface area contributed by atoms with E-state index in [4.69, 9.17) is 4.74 Å². The van der Waals surface area contributed by atoms with Crippen molar-refractivity contribution in [2.75, 3.05) is 27.2 Å². The van der Waals surface area contributed by atoms with Crippen LogP contribution in [0, 0.1) is 5.21 Å². The smallest absolute Gasteiger partial charge is 0.281 e. The van der Waals surface area contributed by atoms with Crippen LogP contribution >= 0.6 is 0 Å². The summed E-state index contributed by atoms with van der Waals surface area (Å²) in [7, 11) is 4.06. The SMILES string of the molecule is CN(C)CCCOC1=N[N+]([O-])(Cc2ccccc2)c2ccccc21. The van der Waals surface area contributed by atoms with Crippen LogP contribution in [0.1, 0.15) is 17.5 Å². The molecule has 3 rings (SSSR count). The van der Waals surface area contributed by atoms with Crippen LogP contribution in [0.5, 0.6) is 0 Å². The Morgan fingerprint density at radius 2 is 1.75 bits per heavy atom. The normalized spacial score (nSPS) is 19.2. The summed E-state index contributed by atoms with van der Waals surface area (Å²) in [6.07, 6.45) is 0.895. The van der Waals surface area contributed by atoms with Gasteiger partial charge < -0.3 is 14.8 Å². The molecule has 0 spiro atoms. The van der Waals surface area contributed by atoms with Crippen LogP contribution in [-0.2, 0) is 11.3 Å². The average molecular weight is 325 g/mol. The van der Waals surface area contributed by atoms with Crippen molar-refractivity contribution in [2.24, 2.45) is 5.10 Å². The van der Waals surface area contributed by atoms with Gasteiger partial charge in [0.25, 0.3) is 5.90 Å². The number of hydroxylamine groups is 1. The van der Waals surface area contributed by atoms with Crippen LogP contribution in [0.15, 0.2) is 59.7 Å². The number of nitrogens with zero attached hydrogens (tertiary/aromatic N) is 3. The van der Waals surface area contributed by atoms with Crippen LogP contribution in [-0.4, -0.2) is 38.0 Å². The van der Waals surface area contributed by atoms with Crippen molar-refractivity contribution < 1.29 is 4.74 Å². The van der Waals surface area contributed by atoms with Crippen LogP contribution < -0.4 is 4.76 Å². The second-order valence-corrected chi connectivity index (χ2v) is 6.27. The Kier molecular flexibility index (Phi) is 4.94. The summed E-state index contributed by atoms with van der Waals surface area (Å²) >= 11 is 0. The number of hydrogen-bond acceptors (Lipinski definition) is 4. The molecule has 2 aromatic carbocycles. The van der Waals surface area contributed by atoms with Gasteiger partial charge in [-0.2, -0.15) is 4.76 Å². The molecule has 1 unspecified atom stereocenters. The molecule has 24 heavy (non-hydrogen) atoms. The van der Waals surface area contributed by atoms with Gasteiger partial charge in [0, 0.05) is 18.2 Å². The van der Waals surface area contributed by atoms with Gasteiger partial charge in [0.1, 0.15) is 12.1 Å². The van der Waals surface area contributed by atoms with E-state index in [1.54, 1.807) is 0 Å². The third-order valence-corrected chi connectivity index (χ3v) is 3.99.